The molecule has 6 rings (SSSR count). The first-order valence-corrected chi connectivity index (χ1v) is 14.5. The van der Waals surface area contributed by atoms with E-state index in [1.54, 1.807) is 42.5 Å². The summed E-state index contributed by atoms with van der Waals surface area (Å²) in [4.78, 5) is 38.3. The molecule has 0 radical (unpaired) electrons. The van der Waals surface area contributed by atoms with Gasteiger partial charge in [-0.05, 0) is 66.7 Å². The molecule has 15 nitrogen and oxygen atoms in total. The van der Waals surface area contributed by atoms with Crippen LogP contribution in [0.4, 0.5) is 52.0 Å². The smallest absolute Gasteiger partial charge is 0.545 e. The van der Waals surface area contributed by atoms with Gasteiger partial charge < -0.3 is 58.3 Å². The van der Waals surface area contributed by atoms with Gasteiger partial charge in [0, 0.05) is 35.6 Å². The van der Waals surface area contributed by atoms with Crippen molar-refractivity contribution in [1.82, 2.24) is 15.0 Å². The number of benzene rings is 4. The second-order valence-electron chi connectivity index (χ2n) is 10.2. The molecule has 19 heteroatoms. The minimum atomic E-state index is -1.55. The average Bonchev–Trinajstić information content (AvgIpc) is 3.11. The number of aromatic nitrogens is 3. The Kier molecular flexibility index (Phi) is 19.8. The summed E-state index contributed by atoms with van der Waals surface area (Å²) in [5, 5.41) is 45.4. The van der Waals surface area contributed by atoms with Crippen molar-refractivity contribution < 1.29 is 143 Å². The number of hydrogen-bond acceptors (Lipinski definition) is 15. The molecule has 0 amide bonds. The fourth-order valence-electron chi connectivity index (χ4n) is 4.40. The van der Waals surface area contributed by atoms with E-state index in [0.717, 1.165) is 23.9 Å². The Morgan fingerprint density at radius 2 is 1.08 bits per heavy atom. The average molecular weight is 733 g/mol. The van der Waals surface area contributed by atoms with E-state index in [9.17, 15) is 19.8 Å². The minimum Gasteiger partial charge on any atom is -0.545 e. The second kappa shape index (κ2) is 22.6. The Bertz CT molecular complexity index is 1950. The van der Waals surface area contributed by atoms with E-state index < -0.39 is 11.9 Å². The number of ether oxygens (including phenoxy) is 1. The normalized spacial score (nSPS) is 12.1. The molecule has 0 spiro atoms. The van der Waals surface area contributed by atoms with E-state index in [0.29, 0.717) is 66.9 Å². The van der Waals surface area contributed by atoms with E-state index >= 15 is 0 Å². The zero-order valence-corrected chi connectivity index (χ0v) is 37.0. The van der Waals surface area contributed by atoms with Crippen LogP contribution in [0.25, 0.3) is 0 Å². The summed E-state index contributed by atoms with van der Waals surface area (Å²) in [5.74, 6) is -2.01. The maximum absolute atomic E-state index is 11.3. The predicted octanol–water partition coefficient (Wildman–Crippen LogP) is -7.63. The van der Waals surface area contributed by atoms with Gasteiger partial charge in [-0.15, -0.1) is 5.69 Å². The van der Waals surface area contributed by atoms with Crippen LogP contribution in [-0.2, 0) is 4.74 Å². The van der Waals surface area contributed by atoms with E-state index in [4.69, 9.17) is 4.74 Å². The summed E-state index contributed by atoms with van der Waals surface area (Å²) in [6.07, 6.45) is 0. The maximum Gasteiger partial charge on any atom is 1.00 e. The molecule has 1 aliphatic rings. The van der Waals surface area contributed by atoms with Crippen molar-refractivity contribution in [3.63, 3.8) is 0 Å². The van der Waals surface area contributed by atoms with Crippen LogP contribution >= 0.6 is 0 Å². The quantitative estimate of drug-likeness (QED) is 0.0742. The second-order valence-corrected chi connectivity index (χ2v) is 10.2. The number of carboxylic acid groups (broad SMARTS) is 2. The number of morpholine rings is 1. The molecule has 0 unspecified atom stereocenters. The van der Waals surface area contributed by atoms with Crippen molar-refractivity contribution in [2.75, 3.05) is 41.8 Å². The standard InChI is InChI=1S/C33H26N10O5.4Na/c44-29(45)21-18-22(30(46)47)20-28(19-21)42-41-27-12-8-24(9-13-27)35-32-36-31(37-33(38-32)43-14-16-48-17-15-43)34-23-6-10-26(11-7-23)40-39-25-4-2-1-3-5-25;;;;/h1,4-13,18-20H,14-17H2,(H,44,45)(H,46,47)(H2,34,35,36,37,38);;;;/q-2;4*+1/p-2. The fraction of sp³-hybridized carbons (Fsp3) is 0.121. The van der Waals surface area contributed by atoms with Crippen LogP contribution in [0.1, 0.15) is 20.7 Å². The molecule has 4 aromatic carbocycles. The molecule has 240 valence electrons. The van der Waals surface area contributed by atoms with Crippen LogP contribution in [0.5, 0.6) is 0 Å². The predicted molar refractivity (Wildman–Crippen MR) is 170 cm³/mol. The summed E-state index contributed by atoms with van der Waals surface area (Å²) in [7, 11) is 0. The van der Waals surface area contributed by atoms with Crippen LogP contribution in [0.3, 0.4) is 0 Å². The number of anilines is 5. The minimum absolute atomic E-state index is 0. The summed E-state index contributed by atoms with van der Waals surface area (Å²) < 4.78 is 5.49. The van der Waals surface area contributed by atoms with E-state index in [2.05, 4.69) is 58.2 Å². The Balaban J connectivity index is 0.00000234. The summed E-state index contributed by atoms with van der Waals surface area (Å²) >= 11 is 0. The number of carbonyl (C=O) groups is 2. The van der Waals surface area contributed by atoms with Gasteiger partial charge in [-0.25, -0.2) is 0 Å². The number of nitrogens with zero attached hydrogens (tertiary/aromatic N) is 8. The molecule has 5 aromatic rings. The van der Waals surface area contributed by atoms with Crippen LogP contribution in [-0.4, -0.2) is 53.2 Å². The maximum atomic E-state index is 11.3. The van der Waals surface area contributed by atoms with Crippen molar-refractivity contribution >= 4 is 63.9 Å². The first-order valence-electron chi connectivity index (χ1n) is 14.5. The van der Waals surface area contributed by atoms with Crippen LogP contribution in [0.15, 0.2) is 105 Å². The van der Waals surface area contributed by atoms with Crippen LogP contribution in [0.2, 0.25) is 0 Å². The van der Waals surface area contributed by atoms with Gasteiger partial charge in [-0.2, -0.15) is 30.3 Å². The Labute approximate surface area is 387 Å². The number of carboxylic acids is 2. The van der Waals surface area contributed by atoms with Crippen LogP contribution < -0.4 is 144 Å². The van der Waals surface area contributed by atoms with Gasteiger partial charge in [-0.3, -0.25) is 17.2 Å². The van der Waals surface area contributed by atoms with E-state index in [1.165, 1.54) is 0 Å². The zero-order chi connectivity index (χ0) is 33.3. The molecular formula is C33H24N10Na4O5. The van der Waals surface area contributed by atoms with Crippen molar-refractivity contribution in [3.05, 3.63) is 108 Å². The summed E-state index contributed by atoms with van der Waals surface area (Å²) in [6.45, 7) is 2.34. The van der Waals surface area contributed by atoms with Gasteiger partial charge in [-0.1, -0.05) is 0 Å². The molecule has 0 atom stereocenters. The first-order chi connectivity index (χ1) is 23.4. The van der Waals surface area contributed by atoms with Gasteiger partial charge in [0.1, 0.15) is 0 Å². The molecule has 2 heterocycles. The third-order valence-electron chi connectivity index (χ3n) is 6.74. The molecule has 52 heavy (non-hydrogen) atoms. The monoisotopic (exact) mass is 732 g/mol. The zero-order valence-electron chi connectivity index (χ0n) is 29.0. The van der Waals surface area contributed by atoms with Crippen molar-refractivity contribution in [3.8, 4) is 0 Å². The van der Waals surface area contributed by atoms with Crippen molar-refractivity contribution in [2.45, 2.75) is 0 Å². The Hall–Kier alpha value is -2.61. The third-order valence-corrected chi connectivity index (χ3v) is 6.74. The third kappa shape index (κ3) is 13.4. The van der Waals surface area contributed by atoms with Crippen LogP contribution in [0, 0.1) is 12.1 Å². The van der Waals surface area contributed by atoms with E-state index in [1.807, 2.05) is 29.2 Å². The summed E-state index contributed by atoms with van der Waals surface area (Å²) in [5.41, 5.74) is 2.41. The molecule has 1 aliphatic heterocycles. The molecule has 0 bridgehead atoms. The fourth-order valence-corrected chi connectivity index (χ4v) is 4.40. The molecule has 0 saturated carbocycles. The van der Waals surface area contributed by atoms with Gasteiger partial charge in [0.2, 0.25) is 17.8 Å². The van der Waals surface area contributed by atoms with Gasteiger partial charge in [0.15, 0.2) is 0 Å². The largest absolute Gasteiger partial charge is 1.00 e. The molecule has 2 N–H and O–H groups in total. The van der Waals surface area contributed by atoms with Crippen molar-refractivity contribution in [1.29, 1.82) is 0 Å². The van der Waals surface area contributed by atoms with Gasteiger partial charge in [0.25, 0.3) is 0 Å². The van der Waals surface area contributed by atoms with Gasteiger partial charge in [0.05, 0.1) is 42.2 Å². The van der Waals surface area contributed by atoms with Gasteiger partial charge >= 0.3 is 118 Å². The Morgan fingerprint density at radius 3 is 1.54 bits per heavy atom. The number of rotatable bonds is 11. The molecule has 1 aromatic heterocycles. The molecule has 1 saturated heterocycles. The molecule has 0 aliphatic carbocycles. The number of aromatic carboxylic acids is 2. The topological polar surface area (TPSA) is 205 Å². The Morgan fingerprint density at radius 1 is 0.635 bits per heavy atom. The SMILES string of the molecule is O=C([O-])c1cc(N=Nc2ccc(Nc3nc(Nc4ccc(N=Nc5c[c-]c[c-]c5)cc4)nc(N4CCOCC4)n3)cc2)cc(C(=O)[O-])c1.[Na+].[Na+].[Na+].[Na+]. The summed E-state index contributed by atoms with van der Waals surface area (Å²) in [6, 6.07) is 28.2. The number of carbonyl (C=O) groups excluding carboxylic acids is 2. The number of hydrogen-bond donors (Lipinski definition) is 2. The first kappa shape index (κ1) is 45.5. The molecular weight excluding hydrogens is 708 g/mol. The van der Waals surface area contributed by atoms with E-state index in [-0.39, 0.29) is 135 Å². The van der Waals surface area contributed by atoms with Crippen molar-refractivity contribution in [2.24, 2.45) is 20.5 Å². The molecule has 1 fully saturated rings. The number of azo groups is 2. The number of nitrogens with one attached hydrogen (secondary N) is 2.